The van der Waals surface area contributed by atoms with Crippen LogP contribution in [0.4, 0.5) is 13.2 Å². The van der Waals surface area contributed by atoms with E-state index in [1.807, 2.05) is 24.3 Å². The summed E-state index contributed by atoms with van der Waals surface area (Å²) in [6.45, 7) is 4.77. The van der Waals surface area contributed by atoms with Gasteiger partial charge in [0, 0.05) is 0 Å². The first-order valence-electron chi connectivity index (χ1n) is 6.77. The summed E-state index contributed by atoms with van der Waals surface area (Å²) in [5, 5.41) is 0. The molecule has 0 unspecified atom stereocenters. The minimum Gasteiger partial charge on any atom is -0.493 e. The summed E-state index contributed by atoms with van der Waals surface area (Å²) in [7, 11) is 0. The number of halogens is 3. The molecular formula is C17H17F3O. The van der Waals surface area contributed by atoms with Gasteiger partial charge in [0.15, 0.2) is 0 Å². The Morgan fingerprint density at radius 1 is 0.857 bits per heavy atom. The standard InChI is InChI=1S/C17H17F3O/c1-12(2)11-21-16-9-5-14(6-10-16)13-3-7-15(8-4-13)17(18,19)20/h3-10,12H,11H2,1-2H3. The van der Waals surface area contributed by atoms with Crippen molar-refractivity contribution in [3.05, 3.63) is 54.1 Å². The molecule has 0 aliphatic heterocycles. The van der Waals surface area contributed by atoms with E-state index in [4.69, 9.17) is 4.74 Å². The first-order chi connectivity index (χ1) is 9.86. The maximum Gasteiger partial charge on any atom is 0.416 e. The fraction of sp³-hybridized carbons (Fsp3) is 0.294. The molecule has 4 heteroatoms. The van der Waals surface area contributed by atoms with Crippen molar-refractivity contribution in [1.82, 2.24) is 0 Å². The van der Waals surface area contributed by atoms with E-state index < -0.39 is 11.7 Å². The Morgan fingerprint density at radius 2 is 1.33 bits per heavy atom. The van der Waals surface area contributed by atoms with Gasteiger partial charge in [0.2, 0.25) is 0 Å². The Hall–Kier alpha value is -1.97. The van der Waals surface area contributed by atoms with Gasteiger partial charge in [-0.25, -0.2) is 0 Å². The van der Waals surface area contributed by atoms with Crippen molar-refractivity contribution in [2.24, 2.45) is 5.92 Å². The number of alkyl halides is 3. The second-order valence-corrected chi connectivity index (χ2v) is 5.30. The van der Waals surface area contributed by atoms with E-state index in [0.29, 0.717) is 12.5 Å². The third-order valence-electron chi connectivity index (χ3n) is 2.98. The number of hydrogen-bond acceptors (Lipinski definition) is 1. The Labute approximate surface area is 122 Å². The van der Waals surface area contributed by atoms with E-state index in [1.54, 1.807) is 0 Å². The lowest BCUT2D eigenvalue weighted by molar-refractivity contribution is -0.137. The van der Waals surface area contributed by atoms with E-state index in [-0.39, 0.29) is 0 Å². The molecule has 1 nitrogen and oxygen atoms in total. The zero-order chi connectivity index (χ0) is 15.5. The molecule has 112 valence electrons. The quantitative estimate of drug-likeness (QED) is 0.733. The molecule has 0 atom stereocenters. The van der Waals surface area contributed by atoms with Gasteiger partial charge in [-0.15, -0.1) is 0 Å². The van der Waals surface area contributed by atoms with Crippen LogP contribution in [0.5, 0.6) is 5.75 Å². The third-order valence-corrected chi connectivity index (χ3v) is 2.98. The van der Waals surface area contributed by atoms with E-state index in [1.165, 1.54) is 12.1 Å². The summed E-state index contributed by atoms with van der Waals surface area (Å²) in [5.41, 5.74) is 0.974. The van der Waals surface area contributed by atoms with Crippen LogP contribution in [-0.2, 0) is 6.18 Å². The fourth-order valence-electron chi connectivity index (χ4n) is 1.86. The van der Waals surface area contributed by atoms with E-state index in [9.17, 15) is 13.2 Å². The van der Waals surface area contributed by atoms with Crippen molar-refractivity contribution in [1.29, 1.82) is 0 Å². The van der Waals surface area contributed by atoms with Gasteiger partial charge >= 0.3 is 6.18 Å². The Kier molecular flexibility index (Phi) is 4.56. The zero-order valence-electron chi connectivity index (χ0n) is 11.9. The first-order valence-corrected chi connectivity index (χ1v) is 6.77. The highest BCUT2D eigenvalue weighted by molar-refractivity contribution is 5.64. The maximum atomic E-state index is 12.5. The van der Waals surface area contributed by atoms with Gasteiger partial charge in [0.25, 0.3) is 0 Å². The molecule has 0 aromatic heterocycles. The van der Waals surface area contributed by atoms with Crippen molar-refractivity contribution in [3.63, 3.8) is 0 Å². The Morgan fingerprint density at radius 3 is 1.76 bits per heavy atom. The second kappa shape index (κ2) is 6.20. The van der Waals surface area contributed by atoms with Crippen molar-refractivity contribution in [3.8, 4) is 16.9 Å². The summed E-state index contributed by atoms with van der Waals surface area (Å²) in [6.07, 6.45) is -4.30. The molecule has 0 bridgehead atoms. The average Bonchev–Trinajstić information content (AvgIpc) is 2.45. The van der Waals surface area contributed by atoms with Crippen LogP contribution in [0.2, 0.25) is 0 Å². The van der Waals surface area contributed by atoms with Gasteiger partial charge in [-0.1, -0.05) is 38.1 Å². The lowest BCUT2D eigenvalue weighted by atomic mass is 10.0. The summed E-state index contributed by atoms with van der Waals surface area (Å²) in [5.74, 6) is 1.21. The topological polar surface area (TPSA) is 9.23 Å². The molecule has 0 N–H and O–H groups in total. The Balaban J connectivity index is 2.11. The van der Waals surface area contributed by atoms with Crippen molar-refractivity contribution in [2.75, 3.05) is 6.61 Å². The zero-order valence-corrected chi connectivity index (χ0v) is 11.9. The molecule has 0 radical (unpaired) electrons. The van der Waals surface area contributed by atoms with Crippen LogP contribution in [0.15, 0.2) is 48.5 Å². The van der Waals surface area contributed by atoms with Gasteiger partial charge in [0.1, 0.15) is 5.75 Å². The van der Waals surface area contributed by atoms with Gasteiger partial charge in [0.05, 0.1) is 12.2 Å². The minimum atomic E-state index is -4.30. The van der Waals surface area contributed by atoms with E-state index in [0.717, 1.165) is 29.0 Å². The minimum absolute atomic E-state index is 0.444. The highest BCUT2D eigenvalue weighted by Crippen LogP contribution is 2.31. The highest BCUT2D eigenvalue weighted by Gasteiger charge is 2.29. The predicted molar refractivity (Wildman–Crippen MR) is 77.2 cm³/mol. The molecule has 0 saturated carbocycles. The molecule has 0 amide bonds. The van der Waals surface area contributed by atoms with Crippen LogP contribution >= 0.6 is 0 Å². The molecule has 0 aliphatic rings. The fourth-order valence-corrected chi connectivity index (χ4v) is 1.86. The molecule has 0 saturated heterocycles. The number of benzene rings is 2. The van der Waals surface area contributed by atoms with Gasteiger partial charge < -0.3 is 4.74 Å². The largest absolute Gasteiger partial charge is 0.493 e. The SMILES string of the molecule is CC(C)COc1ccc(-c2ccc(C(F)(F)F)cc2)cc1. The number of ether oxygens (including phenoxy) is 1. The summed E-state index contributed by atoms with van der Waals surface area (Å²) < 4.78 is 43.1. The van der Waals surface area contributed by atoms with Crippen molar-refractivity contribution in [2.45, 2.75) is 20.0 Å². The normalized spacial score (nSPS) is 11.7. The van der Waals surface area contributed by atoms with Crippen LogP contribution in [-0.4, -0.2) is 6.61 Å². The number of hydrogen-bond donors (Lipinski definition) is 0. The van der Waals surface area contributed by atoms with Crippen LogP contribution in [0.1, 0.15) is 19.4 Å². The molecular weight excluding hydrogens is 277 g/mol. The third kappa shape index (κ3) is 4.25. The summed E-state index contributed by atoms with van der Waals surface area (Å²) in [4.78, 5) is 0. The van der Waals surface area contributed by atoms with Crippen LogP contribution in [0.25, 0.3) is 11.1 Å². The molecule has 2 aromatic rings. The molecule has 0 heterocycles. The van der Waals surface area contributed by atoms with Crippen molar-refractivity contribution >= 4 is 0 Å². The maximum absolute atomic E-state index is 12.5. The lowest BCUT2D eigenvalue weighted by Crippen LogP contribution is -2.04. The molecule has 21 heavy (non-hydrogen) atoms. The molecule has 2 rings (SSSR count). The van der Waals surface area contributed by atoms with E-state index in [2.05, 4.69) is 13.8 Å². The van der Waals surface area contributed by atoms with Crippen molar-refractivity contribution < 1.29 is 17.9 Å². The predicted octanol–water partition coefficient (Wildman–Crippen LogP) is 5.41. The molecule has 0 aliphatic carbocycles. The second-order valence-electron chi connectivity index (χ2n) is 5.30. The smallest absolute Gasteiger partial charge is 0.416 e. The van der Waals surface area contributed by atoms with E-state index >= 15 is 0 Å². The van der Waals surface area contributed by atoms with Gasteiger partial charge in [-0.3, -0.25) is 0 Å². The highest BCUT2D eigenvalue weighted by atomic mass is 19.4. The molecule has 0 fully saturated rings. The molecule has 2 aromatic carbocycles. The first kappa shape index (κ1) is 15.4. The monoisotopic (exact) mass is 294 g/mol. The Bertz CT molecular complexity index is 568. The molecule has 0 spiro atoms. The lowest BCUT2D eigenvalue weighted by Gasteiger charge is -2.10. The summed E-state index contributed by atoms with van der Waals surface area (Å²) >= 11 is 0. The summed E-state index contributed by atoms with van der Waals surface area (Å²) in [6, 6.07) is 12.5. The number of rotatable bonds is 4. The van der Waals surface area contributed by atoms with Crippen LogP contribution in [0.3, 0.4) is 0 Å². The average molecular weight is 294 g/mol. The van der Waals surface area contributed by atoms with Gasteiger partial charge in [-0.2, -0.15) is 13.2 Å². The van der Waals surface area contributed by atoms with Gasteiger partial charge in [-0.05, 0) is 41.3 Å². The van der Waals surface area contributed by atoms with Crippen LogP contribution in [0, 0.1) is 5.92 Å². The van der Waals surface area contributed by atoms with Crippen LogP contribution < -0.4 is 4.74 Å².